The molecular weight excluding hydrogens is 292 g/mol. The van der Waals surface area contributed by atoms with Crippen molar-refractivity contribution in [1.82, 2.24) is 5.32 Å². The van der Waals surface area contributed by atoms with Crippen LogP contribution in [0.15, 0.2) is 22.7 Å². The first-order chi connectivity index (χ1) is 8.30. The van der Waals surface area contributed by atoms with E-state index in [4.69, 9.17) is 5.73 Å². The van der Waals surface area contributed by atoms with Gasteiger partial charge in [0.1, 0.15) is 0 Å². The molecule has 1 atom stereocenters. The molecule has 0 spiro atoms. The lowest BCUT2D eigenvalue weighted by Crippen LogP contribution is -2.55. The minimum absolute atomic E-state index is 0.0737. The Morgan fingerprint density at radius 1 is 1.50 bits per heavy atom. The second-order valence-electron chi connectivity index (χ2n) is 5.19. The third-order valence-corrected chi connectivity index (χ3v) is 4.03. The molecule has 0 saturated heterocycles. The van der Waals surface area contributed by atoms with E-state index in [1.807, 2.05) is 32.0 Å². The summed E-state index contributed by atoms with van der Waals surface area (Å²) in [5.74, 6) is 0.203. The second-order valence-corrected chi connectivity index (χ2v) is 6.11. The van der Waals surface area contributed by atoms with E-state index in [0.29, 0.717) is 12.1 Å². The molecule has 1 aromatic rings. The van der Waals surface area contributed by atoms with E-state index >= 15 is 0 Å². The van der Waals surface area contributed by atoms with Gasteiger partial charge in [-0.3, -0.25) is 4.79 Å². The van der Waals surface area contributed by atoms with E-state index in [1.165, 1.54) is 0 Å². The average Bonchev–Trinajstić information content (AvgIpc) is 2.31. The molecule has 100 valence electrons. The van der Waals surface area contributed by atoms with Crippen LogP contribution in [0, 0.1) is 12.8 Å². The summed E-state index contributed by atoms with van der Waals surface area (Å²) >= 11 is 3.39. The molecule has 4 heteroatoms. The molecule has 18 heavy (non-hydrogen) atoms. The Kier molecular flexibility index (Phi) is 4.93. The van der Waals surface area contributed by atoms with E-state index in [0.717, 1.165) is 10.0 Å². The van der Waals surface area contributed by atoms with Gasteiger partial charge in [0.05, 0.1) is 5.54 Å². The Morgan fingerprint density at radius 3 is 2.61 bits per heavy atom. The third kappa shape index (κ3) is 3.33. The van der Waals surface area contributed by atoms with Crippen LogP contribution in [0.1, 0.15) is 36.7 Å². The number of aryl methyl sites for hydroxylation is 1. The highest BCUT2D eigenvalue weighted by Gasteiger charge is 2.29. The quantitative estimate of drug-likeness (QED) is 0.898. The molecule has 0 saturated carbocycles. The number of rotatable bonds is 4. The Morgan fingerprint density at radius 2 is 2.11 bits per heavy atom. The molecule has 3 N–H and O–H groups in total. The first-order valence-electron chi connectivity index (χ1n) is 6.09. The highest BCUT2D eigenvalue weighted by molar-refractivity contribution is 9.10. The maximum absolute atomic E-state index is 12.3. The number of halogens is 1. The fraction of sp³-hybridized carbons (Fsp3) is 0.500. The summed E-state index contributed by atoms with van der Waals surface area (Å²) < 4.78 is 0.900. The molecule has 1 amide bonds. The van der Waals surface area contributed by atoms with Crippen molar-refractivity contribution in [3.63, 3.8) is 0 Å². The van der Waals surface area contributed by atoms with E-state index in [-0.39, 0.29) is 17.4 Å². The highest BCUT2D eigenvalue weighted by Crippen LogP contribution is 2.19. The van der Waals surface area contributed by atoms with Gasteiger partial charge >= 0.3 is 0 Å². The summed E-state index contributed by atoms with van der Waals surface area (Å²) in [6, 6.07) is 5.69. The highest BCUT2D eigenvalue weighted by atomic mass is 79.9. The van der Waals surface area contributed by atoms with Crippen LogP contribution < -0.4 is 11.1 Å². The molecule has 0 aliphatic carbocycles. The zero-order chi connectivity index (χ0) is 13.9. The Bertz CT molecular complexity index is 445. The maximum Gasteiger partial charge on any atom is 0.252 e. The standard InChI is InChI=1S/C14H21BrN2O/c1-9(2)14(4,8-16)17-13(18)12-7-11(15)6-5-10(12)3/h5-7,9H,8,16H2,1-4H3,(H,17,18). The topological polar surface area (TPSA) is 55.1 Å². The van der Waals surface area contributed by atoms with Crippen LogP contribution in [-0.4, -0.2) is 18.0 Å². The molecule has 0 heterocycles. The molecule has 0 fully saturated rings. The average molecular weight is 313 g/mol. The molecular formula is C14H21BrN2O. The first-order valence-corrected chi connectivity index (χ1v) is 6.88. The largest absolute Gasteiger partial charge is 0.345 e. The van der Waals surface area contributed by atoms with Crippen molar-refractivity contribution in [2.45, 2.75) is 33.2 Å². The van der Waals surface area contributed by atoms with Crippen molar-refractivity contribution in [3.05, 3.63) is 33.8 Å². The predicted molar refractivity (Wildman–Crippen MR) is 78.6 cm³/mol. The molecule has 0 aromatic heterocycles. The van der Waals surface area contributed by atoms with Gasteiger partial charge in [0, 0.05) is 16.6 Å². The molecule has 0 aliphatic heterocycles. The van der Waals surface area contributed by atoms with E-state index < -0.39 is 0 Å². The van der Waals surface area contributed by atoms with Crippen LogP contribution in [0.5, 0.6) is 0 Å². The molecule has 1 rings (SSSR count). The van der Waals surface area contributed by atoms with Crippen molar-refractivity contribution in [1.29, 1.82) is 0 Å². The smallest absolute Gasteiger partial charge is 0.252 e. The number of nitrogens with one attached hydrogen (secondary N) is 1. The second kappa shape index (κ2) is 5.85. The number of hydrogen-bond acceptors (Lipinski definition) is 2. The summed E-state index contributed by atoms with van der Waals surface area (Å²) in [6.45, 7) is 8.44. The summed E-state index contributed by atoms with van der Waals surface area (Å²) in [5.41, 5.74) is 7.04. The first kappa shape index (κ1) is 15.2. The monoisotopic (exact) mass is 312 g/mol. The number of carbonyl (C=O) groups excluding carboxylic acids is 1. The van der Waals surface area contributed by atoms with Crippen molar-refractivity contribution < 1.29 is 4.79 Å². The van der Waals surface area contributed by atoms with Crippen molar-refractivity contribution in [2.75, 3.05) is 6.54 Å². The fourth-order valence-electron chi connectivity index (χ4n) is 1.60. The number of benzene rings is 1. The van der Waals surface area contributed by atoms with Gasteiger partial charge in [-0.05, 0) is 37.5 Å². The Balaban J connectivity index is 2.98. The zero-order valence-electron chi connectivity index (χ0n) is 11.4. The van der Waals surface area contributed by atoms with Crippen molar-refractivity contribution >= 4 is 21.8 Å². The van der Waals surface area contributed by atoms with Gasteiger partial charge in [0.15, 0.2) is 0 Å². The Hall–Kier alpha value is -0.870. The molecule has 3 nitrogen and oxygen atoms in total. The summed E-state index contributed by atoms with van der Waals surface area (Å²) in [6.07, 6.45) is 0. The lowest BCUT2D eigenvalue weighted by Gasteiger charge is -2.33. The molecule has 0 aliphatic rings. The number of hydrogen-bond donors (Lipinski definition) is 2. The normalized spacial score (nSPS) is 14.4. The molecule has 1 aromatic carbocycles. The SMILES string of the molecule is Cc1ccc(Br)cc1C(=O)NC(C)(CN)C(C)C. The number of carbonyl (C=O) groups is 1. The van der Waals surface area contributed by atoms with E-state index in [9.17, 15) is 4.79 Å². The van der Waals surface area contributed by atoms with Crippen molar-refractivity contribution in [2.24, 2.45) is 11.7 Å². The minimum Gasteiger partial charge on any atom is -0.345 e. The van der Waals surface area contributed by atoms with Crippen LogP contribution in [-0.2, 0) is 0 Å². The van der Waals surface area contributed by atoms with E-state index in [2.05, 4.69) is 35.1 Å². The third-order valence-electron chi connectivity index (χ3n) is 3.54. The predicted octanol–water partition coefficient (Wildman–Crippen LogP) is 2.86. The van der Waals surface area contributed by atoms with Gasteiger partial charge in [-0.25, -0.2) is 0 Å². The van der Waals surface area contributed by atoms with Crippen LogP contribution in [0.3, 0.4) is 0 Å². The fourth-order valence-corrected chi connectivity index (χ4v) is 1.96. The number of amides is 1. The van der Waals surface area contributed by atoms with Crippen molar-refractivity contribution in [3.8, 4) is 0 Å². The summed E-state index contributed by atoms with van der Waals surface area (Å²) in [7, 11) is 0. The Labute approximate surface area is 117 Å². The van der Waals surface area contributed by atoms with Crippen LogP contribution >= 0.6 is 15.9 Å². The zero-order valence-corrected chi connectivity index (χ0v) is 13.0. The molecule has 0 bridgehead atoms. The lowest BCUT2D eigenvalue weighted by molar-refractivity contribution is 0.0882. The van der Waals surface area contributed by atoms with Gasteiger partial charge in [0.25, 0.3) is 5.91 Å². The van der Waals surface area contributed by atoms with Gasteiger partial charge in [-0.15, -0.1) is 0 Å². The molecule has 0 radical (unpaired) electrons. The minimum atomic E-state index is -0.383. The van der Waals surface area contributed by atoms with Crippen LogP contribution in [0.2, 0.25) is 0 Å². The lowest BCUT2D eigenvalue weighted by atomic mass is 9.88. The maximum atomic E-state index is 12.3. The van der Waals surface area contributed by atoms with Gasteiger partial charge in [-0.2, -0.15) is 0 Å². The summed E-state index contributed by atoms with van der Waals surface area (Å²) in [4.78, 5) is 12.3. The van der Waals surface area contributed by atoms with Crippen LogP contribution in [0.25, 0.3) is 0 Å². The van der Waals surface area contributed by atoms with Gasteiger partial charge in [-0.1, -0.05) is 35.8 Å². The van der Waals surface area contributed by atoms with Crippen LogP contribution in [0.4, 0.5) is 0 Å². The summed E-state index contributed by atoms with van der Waals surface area (Å²) in [5, 5.41) is 3.04. The number of nitrogens with two attached hydrogens (primary N) is 1. The van der Waals surface area contributed by atoms with Gasteiger partial charge < -0.3 is 11.1 Å². The van der Waals surface area contributed by atoms with E-state index in [1.54, 1.807) is 0 Å². The van der Waals surface area contributed by atoms with Gasteiger partial charge in [0.2, 0.25) is 0 Å². The molecule has 1 unspecified atom stereocenters.